The summed E-state index contributed by atoms with van der Waals surface area (Å²) < 4.78 is 0. The Morgan fingerprint density at radius 3 is 2.88 bits per heavy atom. The molecule has 2 rings (SSSR count). The van der Waals surface area contributed by atoms with Crippen molar-refractivity contribution in [2.24, 2.45) is 0 Å². The van der Waals surface area contributed by atoms with Crippen molar-refractivity contribution in [3.63, 3.8) is 0 Å². The van der Waals surface area contributed by atoms with Crippen LogP contribution >= 0.6 is 11.8 Å². The fourth-order valence-electron chi connectivity index (χ4n) is 2.46. The van der Waals surface area contributed by atoms with Gasteiger partial charge in [-0.15, -0.1) is 11.8 Å². The first kappa shape index (κ1) is 11.9. The van der Waals surface area contributed by atoms with Crippen LogP contribution in [-0.2, 0) is 9.59 Å². The van der Waals surface area contributed by atoms with E-state index in [0.29, 0.717) is 0 Å². The van der Waals surface area contributed by atoms with E-state index in [1.165, 1.54) is 0 Å². The minimum Gasteiger partial charge on any atom is -0.318 e. The van der Waals surface area contributed by atoms with Gasteiger partial charge >= 0.3 is 0 Å². The largest absolute Gasteiger partial charge is 0.318 e. The fraction of sp³-hybridized carbons (Fsp3) is 0.818. The van der Waals surface area contributed by atoms with Crippen molar-refractivity contribution in [1.82, 2.24) is 10.2 Å². The lowest BCUT2D eigenvalue weighted by molar-refractivity contribution is -0.139. The highest BCUT2D eigenvalue weighted by atomic mass is 32.2. The summed E-state index contributed by atoms with van der Waals surface area (Å²) in [5, 5.41) is 3.28. The number of likely N-dealkylation sites (N-methyl/N-ethyl adjacent to an activating group) is 1. The summed E-state index contributed by atoms with van der Waals surface area (Å²) in [4.78, 5) is 25.6. The maximum absolute atomic E-state index is 12.3. The van der Waals surface area contributed by atoms with Crippen LogP contribution in [0.25, 0.3) is 0 Å². The molecule has 0 bridgehead atoms. The van der Waals surface area contributed by atoms with Gasteiger partial charge in [0.05, 0.1) is 11.4 Å². The number of rotatable bonds is 2. The molecule has 2 saturated heterocycles. The van der Waals surface area contributed by atoms with Crippen LogP contribution in [0, 0.1) is 0 Å². The summed E-state index contributed by atoms with van der Waals surface area (Å²) >= 11 is 1.75. The lowest BCUT2D eigenvalue weighted by Crippen LogP contribution is -2.50. The molecule has 0 aliphatic carbocycles. The van der Waals surface area contributed by atoms with Gasteiger partial charge < -0.3 is 10.2 Å². The molecule has 0 radical (unpaired) electrons. The minimum absolute atomic E-state index is 0.106. The number of thioether (sulfide) groups is 1. The Morgan fingerprint density at radius 2 is 2.25 bits per heavy atom. The molecular formula is C11H18N2O2S. The molecule has 2 fully saturated rings. The smallest absolute Gasteiger partial charge is 0.241 e. The molecule has 90 valence electrons. The van der Waals surface area contributed by atoms with E-state index in [1.54, 1.807) is 18.7 Å². The first-order valence-corrected chi connectivity index (χ1v) is 6.81. The first-order valence-electron chi connectivity index (χ1n) is 5.76. The molecule has 1 amide bonds. The Balaban J connectivity index is 2.22. The average molecular weight is 242 g/mol. The van der Waals surface area contributed by atoms with Crippen molar-refractivity contribution in [1.29, 1.82) is 0 Å². The standard InChI is InChI=1S/C11H18N2O2S/c1-7(14)9-6-16-10-5-3-4-8(12-2)11(15)13(9)10/h8-10,12H,3-6H2,1-2H3. The van der Waals surface area contributed by atoms with Gasteiger partial charge in [0, 0.05) is 5.75 Å². The van der Waals surface area contributed by atoms with Gasteiger partial charge in [-0.3, -0.25) is 9.59 Å². The highest BCUT2D eigenvalue weighted by molar-refractivity contribution is 8.00. The Kier molecular flexibility index (Phi) is 3.54. The molecule has 3 unspecified atom stereocenters. The Hall–Kier alpha value is -0.550. The number of nitrogens with zero attached hydrogens (tertiary/aromatic N) is 1. The van der Waals surface area contributed by atoms with Crippen LogP contribution < -0.4 is 5.32 Å². The van der Waals surface area contributed by atoms with Crippen molar-refractivity contribution in [3.05, 3.63) is 0 Å². The van der Waals surface area contributed by atoms with Gasteiger partial charge in [0.15, 0.2) is 5.78 Å². The highest BCUT2D eigenvalue weighted by Gasteiger charge is 2.43. The molecule has 4 nitrogen and oxygen atoms in total. The summed E-state index contributed by atoms with van der Waals surface area (Å²) in [7, 11) is 1.81. The summed E-state index contributed by atoms with van der Waals surface area (Å²) in [6.45, 7) is 1.58. The zero-order chi connectivity index (χ0) is 11.7. The summed E-state index contributed by atoms with van der Waals surface area (Å²) in [6.07, 6.45) is 2.95. The van der Waals surface area contributed by atoms with Crippen molar-refractivity contribution < 1.29 is 9.59 Å². The summed E-state index contributed by atoms with van der Waals surface area (Å²) in [5.41, 5.74) is 0. The van der Waals surface area contributed by atoms with E-state index in [0.717, 1.165) is 25.0 Å². The number of amides is 1. The number of carbonyl (C=O) groups excluding carboxylic acids is 2. The van der Waals surface area contributed by atoms with E-state index in [9.17, 15) is 9.59 Å². The molecule has 2 aliphatic heterocycles. The second-order valence-electron chi connectivity index (χ2n) is 4.43. The zero-order valence-corrected chi connectivity index (χ0v) is 10.5. The average Bonchev–Trinajstić information content (AvgIpc) is 2.61. The second-order valence-corrected chi connectivity index (χ2v) is 5.64. The van der Waals surface area contributed by atoms with Gasteiger partial charge in [0.25, 0.3) is 0 Å². The monoisotopic (exact) mass is 242 g/mol. The van der Waals surface area contributed by atoms with Crippen molar-refractivity contribution in [2.75, 3.05) is 12.8 Å². The van der Waals surface area contributed by atoms with Crippen LogP contribution in [0.3, 0.4) is 0 Å². The van der Waals surface area contributed by atoms with Crippen LogP contribution in [0.1, 0.15) is 26.2 Å². The SMILES string of the molecule is CNC1CCCC2SCC(C(C)=O)N2C1=O. The molecule has 5 heteroatoms. The third kappa shape index (κ3) is 1.98. The first-order chi connectivity index (χ1) is 7.65. The van der Waals surface area contributed by atoms with E-state index in [1.807, 2.05) is 11.9 Å². The van der Waals surface area contributed by atoms with E-state index < -0.39 is 0 Å². The van der Waals surface area contributed by atoms with E-state index in [-0.39, 0.29) is 29.1 Å². The molecule has 0 saturated carbocycles. The number of nitrogens with one attached hydrogen (secondary N) is 1. The predicted octanol–water partition coefficient (Wildman–Crippen LogP) is 0.617. The number of carbonyl (C=O) groups is 2. The Labute approximate surface area is 100 Å². The number of hydrogen-bond acceptors (Lipinski definition) is 4. The molecule has 0 aromatic rings. The topological polar surface area (TPSA) is 49.4 Å². The van der Waals surface area contributed by atoms with Gasteiger partial charge in [0.2, 0.25) is 5.91 Å². The van der Waals surface area contributed by atoms with Crippen LogP contribution in [0.4, 0.5) is 0 Å². The van der Waals surface area contributed by atoms with E-state index in [4.69, 9.17) is 0 Å². The third-order valence-corrected chi connectivity index (χ3v) is 4.76. The summed E-state index contributed by atoms with van der Waals surface area (Å²) in [5.74, 6) is 0.984. The predicted molar refractivity (Wildman–Crippen MR) is 64.3 cm³/mol. The highest BCUT2D eigenvalue weighted by Crippen LogP contribution is 2.35. The van der Waals surface area contributed by atoms with Crippen LogP contribution in [-0.4, -0.2) is 46.8 Å². The number of hydrogen-bond donors (Lipinski definition) is 1. The maximum atomic E-state index is 12.3. The molecule has 16 heavy (non-hydrogen) atoms. The van der Waals surface area contributed by atoms with Gasteiger partial charge in [-0.1, -0.05) is 0 Å². The summed E-state index contributed by atoms with van der Waals surface area (Å²) in [6, 6.07) is -0.304. The van der Waals surface area contributed by atoms with E-state index in [2.05, 4.69) is 5.32 Å². The van der Waals surface area contributed by atoms with Crippen LogP contribution in [0.2, 0.25) is 0 Å². The second kappa shape index (κ2) is 4.75. The molecule has 2 heterocycles. The van der Waals surface area contributed by atoms with Gasteiger partial charge in [0.1, 0.15) is 6.04 Å². The lowest BCUT2D eigenvalue weighted by Gasteiger charge is -2.28. The van der Waals surface area contributed by atoms with Crippen molar-refractivity contribution in [3.8, 4) is 0 Å². The molecule has 0 aromatic heterocycles. The fourth-order valence-corrected chi connectivity index (χ4v) is 4.01. The van der Waals surface area contributed by atoms with Gasteiger partial charge in [-0.2, -0.15) is 0 Å². The molecule has 3 atom stereocenters. The number of fused-ring (bicyclic) bond motifs is 1. The minimum atomic E-state index is -0.198. The van der Waals surface area contributed by atoms with E-state index >= 15 is 0 Å². The van der Waals surface area contributed by atoms with Crippen LogP contribution in [0.5, 0.6) is 0 Å². The Morgan fingerprint density at radius 1 is 1.50 bits per heavy atom. The lowest BCUT2D eigenvalue weighted by atomic mass is 10.1. The molecule has 0 aromatic carbocycles. The zero-order valence-electron chi connectivity index (χ0n) is 9.73. The quantitative estimate of drug-likeness (QED) is 0.771. The van der Waals surface area contributed by atoms with Crippen molar-refractivity contribution in [2.45, 2.75) is 43.6 Å². The van der Waals surface area contributed by atoms with Gasteiger partial charge in [-0.25, -0.2) is 0 Å². The van der Waals surface area contributed by atoms with Crippen LogP contribution in [0.15, 0.2) is 0 Å². The van der Waals surface area contributed by atoms with Gasteiger partial charge in [-0.05, 0) is 33.2 Å². The number of ketones is 1. The molecule has 1 N–H and O–H groups in total. The molecule has 2 aliphatic rings. The Bertz CT molecular complexity index is 308. The molecular weight excluding hydrogens is 224 g/mol. The third-order valence-electron chi connectivity index (χ3n) is 3.41. The molecule has 0 spiro atoms. The normalized spacial score (nSPS) is 34.8. The number of Topliss-reactive ketones (excluding diaryl/α,β-unsaturated/α-hetero) is 1. The maximum Gasteiger partial charge on any atom is 0.241 e. The van der Waals surface area contributed by atoms with Crippen molar-refractivity contribution >= 4 is 23.5 Å².